The molecule has 2 aromatic rings. The van der Waals surface area contributed by atoms with Gasteiger partial charge in [0.2, 0.25) is 5.95 Å². The average molecular weight is 405 g/mol. The Balaban J connectivity index is 2.16. The highest BCUT2D eigenvalue weighted by atomic mass is 32.2. The number of halogens is 3. The van der Waals surface area contributed by atoms with Gasteiger partial charge in [-0.3, -0.25) is 15.6 Å². The van der Waals surface area contributed by atoms with E-state index in [-0.39, 0.29) is 11.5 Å². The van der Waals surface area contributed by atoms with Gasteiger partial charge >= 0.3 is 12.1 Å². The van der Waals surface area contributed by atoms with Crippen molar-refractivity contribution in [1.82, 2.24) is 9.97 Å². The third-order valence-corrected chi connectivity index (χ3v) is 3.17. The van der Waals surface area contributed by atoms with Crippen molar-refractivity contribution in [2.24, 2.45) is 4.36 Å². The van der Waals surface area contributed by atoms with E-state index in [0.29, 0.717) is 11.8 Å². The first-order valence-corrected chi connectivity index (χ1v) is 8.06. The van der Waals surface area contributed by atoms with Crippen molar-refractivity contribution in [1.29, 1.82) is 0 Å². The van der Waals surface area contributed by atoms with Gasteiger partial charge in [0.15, 0.2) is 11.5 Å². The maximum Gasteiger partial charge on any atom is 0.433 e. The Morgan fingerprint density at radius 1 is 1.19 bits per heavy atom. The summed E-state index contributed by atoms with van der Waals surface area (Å²) in [6.07, 6.45) is -4.76. The van der Waals surface area contributed by atoms with Crippen LogP contribution in [-0.4, -0.2) is 32.1 Å². The maximum atomic E-state index is 12.9. The Morgan fingerprint density at radius 2 is 1.85 bits per heavy atom. The number of carboxylic acids is 1. The highest BCUT2D eigenvalue weighted by Crippen LogP contribution is 2.29. The zero-order valence-electron chi connectivity index (χ0n) is 13.2. The smallest absolute Gasteiger partial charge is 0.433 e. The van der Waals surface area contributed by atoms with Crippen LogP contribution >= 0.6 is 0 Å². The first-order valence-electron chi connectivity index (χ1n) is 7.00. The third-order valence-electron chi connectivity index (χ3n) is 2.80. The monoisotopic (exact) mass is 405 g/mol. The standard InChI is InChI=1S/C13H12F3N6O4S/c14-13(15,16)9-5-10(19-12(18-9)17-6-11(23)24)21-20-7-1-3-8(4-2-7)22-27(25)26/h1-5,20H,6H2,(H,23,24)(H,22,25,26)(H2,17,18,19,21)/q-1. The summed E-state index contributed by atoms with van der Waals surface area (Å²) in [5.74, 6) is -2.08. The number of alkyl halides is 3. The van der Waals surface area contributed by atoms with E-state index in [2.05, 4.69) is 30.5 Å². The Morgan fingerprint density at radius 3 is 2.41 bits per heavy atom. The van der Waals surface area contributed by atoms with Crippen molar-refractivity contribution >= 4 is 40.0 Å². The van der Waals surface area contributed by atoms with Gasteiger partial charge in [-0.1, -0.05) is 10.9 Å². The number of nitrogens with zero attached hydrogens (tertiary/aromatic N) is 3. The summed E-state index contributed by atoms with van der Waals surface area (Å²) in [5.41, 5.74) is 4.36. The van der Waals surface area contributed by atoms with Crippen molar-refractivity contribution in [3.05, 3.63) is 36.0 Å². The van der Waals surface area contributed by atoms with E-state index in [1.807, 2.05) is 0 Å². The van der Waals surface area contributed by atoms with Gasteiger partial charge < -0.3 is 23.5 Å². The molecule has 5 N–H and O–H groups in total. The predicted molar refractivity (Wildman–Crippen MR) is 89.6 cm³/mol. The molecule has 0 atom stereocenters. The Bertz CT molecular complexity index is 900. The fourth-order valence-corrected chi connectivity index (χ4v) is 2.02. The predicted octanol–water partition coefficient (Wildman–Crippen LogP) is 2.68. The van der Waals surface area contributed by atoms with Gasteiger partial charge in [0.05, 0.1) is 5.69 Å². The van der Waals surface area contributed by atoms with Crippen LogP contribution in [0.2, 0.25) is 0 Å². The Labute approximate surface area is 151 Å². The van der Waals surface area contributed by atoms with Crippen LogP contribution in [0.25, 0.3) is 0 Å². The fraction of sp³-hybridized carbons (Fsp3) is 0.154. The van der Waals surface area contributed by atoms with Gasteiger partial charge in [-0.2, -0.15) is 18.2 Å². The number of rotatable bonds is 7. The topological polar surface area (TPSA) is 149 Å². The number of aliphatic carboxylic acids is 1. The molecule has 0 radical (unpaired) electrons. The van der Waals surface area contributed by atoms with E-state index < -0.39 is 41.2 Å². The van der Waals surface area contributed by atoms with Crippen LogP contribution in [0.5, 0.6) is 0 Å². The molecule has 0 saturated carbocycles. The second-order valence-corrected chi connectivity index (χ2v) is 5.47. The molecule has 27 heavy (non-hydrogen) atoms. The Hall–Kier alpha value is -3.13. The van der Waals surface area contributed by atoms with Gasteiger partial charge in [-0.15, -0.1) is 0 Å². The molecule has 0 spiro atoms. The minimum atomic E-state index is -4.76. The van der Waals surface area contributed by atoms with Crippen LogP contribution < -0.4 is 16.2 Å². The van der Waals surface area contributed by atoms with Crippen molar-refractivity contribution in [2.75, 3.05) is 22.7 Å². The van der Waals surface area contributed by atoms with Crippen molar-refractivity contribution in [3.8, 4) is 0 Å². The molecule has 146 valence electrons. The van der Waals surface area contributed by atoms with Gasteiger partial charge in [-0.05, 0) is 24.3 Å². The first kappa shape index (κ1) is 20.2. The number of hydrazine groups is 1. The minimum Gasteiger partial charge on any atom is -0.480 e. The lowest BCUT2D eigenvalue weighted by atomic mass is 10.3. The number of aromatic nitrogens is 2. The third kappa shape index (κ3) is 6.59. The molecule has 1 aromatic carbocycles. The molecule has 0 amide bonds. The van der Waals surface area contributed by atoms with E-state index in [1.54, 1.807) is 0 Å². The minimum absolute atomic E-state index is 0.225. The summed E-state index contributed by atoms with van der Waals surface area (Å²) in [5, 5.41) is 10.8. The normalized spacial score (nSPS) is 12.4. The molecule has 14 heteroatoms. The SMILES string of the molecule is O=C(O)CNc1nc(NNc2ccc(N=[S-](=O)O)cc2)cc(C(F)(F)F)n1. The number of carboxylic acid groups (broad SMARTS) is 1. The summed E-state index contributed by atoms with van der Waals surface area (Å²) in [7, 11) is -2.36. The summed E-state index contributed by atoms with van der Waals surface area (Å²) in [4.78, 5) is 17.5. The summed E-state index contributed by atoms with van der Waals surface area (Å²) < 4.78 is 61.4. The second-order valence-electron chi connectivity index (χ2n) is 4.83. The van der Waals surface area contributed by atoms with Crippen LogP contribution in [0.1, 0.15) is 5.69 Å². The molecule has 0 aliphatic rings. The van der Waals surface area contributed by atoms with Gasteiger partial charge in [-0.25, -0.2) is 4.98 Å². The lowest BCUT2D eigenvalue weighted by Gasteiger charge is -2.13. The highest BCUT2D eigenvalue weighted by Gasteiger charge is 2.33. The molecule has 10 nitrogen and oxygen atoms in total. The Kier molecular flexibility index (Phi) is 6.36. The van der Waals surface area contributed by atoms with E-state index >= 15 is 0 Å². The molecular formula is C13H12F3N6O4S-. The number of hydrogen-bond acceptors (Lipinski definition) is 9. The summed E-state index contributed by atoms with van der Waals surface area (Å²) in [6.45, 7) is -0.661. The molecule has 0 fully saturated rings. The van der Waals surface area contributed by atoms with Crippen molar-refractivity contribution < 1.29 is 31.8 Å². The van der Waals surface area contributed by atoms with Crippen LogP contribution in [0.15, 0.2) is 34.7 Å². The number of carbonyl (C=O) groups is 1. The maximum absolute atomic E-state index is 12.9. The first-order chi connectivity index (χ1) is 12.6. The zero-order chi connectivity index (χ0) is 20.0. The zero-order valence-corrected chi connectivity index (χ0v) is 14.0. The van der Waals surface area contributed by atoms with Crippen LogP contribution in [0.3, 0.4) is 0 Å². The molecule has 0 aliphatic carbocycles. The van der Waals surface area contributed by atoms with E-state index in [0.717, 1.165) is 0 Å². The number of benzene rings is 1. The number of hydrogen-bond donors (Lipinski definition) is 5. The van der Waals surface area contributed by atoms with Crippen molar-refractivity contribution in [3.63, 3.8) is 0 Å². The molecule has 1 aromatic heterocycles. The largest absolute Gasteiger partial charge is 0.480 e. The molecule has 0 aliphatic heterocycles. The van der Waals surface area contributed by atoms with E-state index in [4.69, 9.17) is 9.66 Å². The van der Waals surface area contributed by atoms with Crippen molar-refractivity contribution in [2.45, 2.75) is 6.18 Å². The van der Waals surface area contributed by atoms with Crippen LogP contribution in [0, 0.1) is 0 Å². The molecule has 0 bridgehead atoms. The van der Waals surface area contributed by atoms with E-state index in [1.165, 1.54) is 24.3 Å². The van der Waals surface area contributed by atoms with Gasteiger partial charge in [0.1, 0.15) is 6.54 Å². The number of anilines is 3. The fourth-order valence-electron chi connectivity index (χ4n) is 1.72. The molecular weight excluding hydrogens is 393 g/mol. The second kappa shape index (κ2) is 8.50. The lowest BCUT2D eigenvalue weighted by Crippen LogP contribution is -2.19. The molecule has 1 heterocycles. The molecule has 0 unspecified atom stereocenters. The molecule has 2 rings (SSSR count). The lowest BCUT2D eigenvalue weighted by molar-refractivity contribution is -0.141. The molecule has 0 saturated heterocycles. The highest BCUT2D eigenvalue weighted by molar-refractivity contribution is 7.68. The average Bonchev–Trinajstić information content (AvgIpc) is 2.58. The van der Waals surface area contributed by atoms with Gasteiger partial charge in [0.25, 0.3) is 0 Å². The number of nitrogens with one attached hydrogen (secondary N) is 3. The van der Waals surface area contributed by atoms with Crippen LogP contribution in [0.4, 0.5) is 36.3 Å². The van der Waals surface area contributed by atoms with Gasteiger partial charge in [0, 0.05) is 11.8 Å². The van der Waals surface area contributed by atoms with Crippen LogP contribution in [-0.2, 0) is 26.1 Å². The summed E-state index contributed by atoms with van der Waals surface area (Å²) >= 11 is 0. The summed E-state index contributed by atoms with van der Waals surface area (Å²) in [6, 6.07) is 6.35. The van der Waals surface area contributed by atoms with E-state index in [9.17, 15) is 22.2 Å². The quantitative estimate of drug-likeness (QED) is 0.266.